The highest BCUT2D eigenvalue weighted by Crippen LogP contribution is 1.82. The van der Waals surface area contributed by atoms with Crippen LogP contribution in [0.25, 0.3) is 0 Å². The van der Waals surface area contributed by atoms with Gasteiger partial charge in [0.05, 0.1) is 0 Å². The maximum Gasteiger partial charge on any atom is 0.327 e. The monoisotopic (exact) mass is 127 g/mol. The number of amides is 3. The van der Waals surface area contributed by atoms with Crippen LogP contribution in [0.4, 0.5) is 4.79 Å². The second-order valence-corrected chi connectivity index (χ2v) is 1.48. The molecule has 0 spiro atoms. The van der Waals surface area contributed by atoms with Crippen LogP contribution in [0, 0.1) is 0 Å². The minimum atomic E-state index is -0.513. The molecule has 5 nitrogen and oxygen atoms in total. The summed E-state index contributed by atoms with van der Waals surface area (Å²) in [5.41, 5.74) is 0. The van der Waals surface area contributed by atoms with Crippen LogP contribution in [0.5, 0.6) is 0 Å². The lowest BCUT2D eigenvalue weighted by Crippen LogP contribution is -2.22. The number of urea groups is 1. The molecule has 1 aliphatic heterocycles. The number of rotatable bonds is 0. The van der Waals surface area contributed by atoms with Crippen molar-refractivity contribution >= 4 is 17.8 Å². The predicted octanol–water partition coefficient (Wildman–Crippen LogP) is -1.15. The first-order valence-electron chi connectivity index (χ1n) is 2.33. The van der Waals surface area contributed by atoms with E-state index in [1.165, 1.54) is 7.05 Å². The molecule has 0 aromatic rings. The summed E-state index contributed by atoms with van der Waals surface area (Å²) < 4.78 is 0. The van der Waals surface area contributed by atoms with Crippen molar-refractivity contribution in [2.24, 2.45) is 4.99 Å². The molecule has 48 valence electrons. The lowest BCUT2D eigenvalue weighted by atomic mass is 10.6. The smallest absolute Gasteiger partial charge is 0.288 e. The Morgan fingerprint density at radius 3 is 2.22 bits per heavy atom. The number of carbonyl (C=O) groups is 2. The third kappa shape index (κ3) is 0.883. The van der Waals surface area contributed by atoms with Gasteiger partial charge in [0.1, 0.15) is 0 Å². The fourth-order valence-corrected chi connectivity index (χ4v) is 0.515. The zero-order chi connectivity index (χ0) is 6.85. The number of hydrogen-bond donors (Lipinski definition) is 2. The van der Waals surface area contributed by atoms with Crippen LogP contribution in [0.2, 0.25) is 0 Å². The molecule has 0 radical (unpaired) electrons. The van der Waals surface area contributed by atoms with Gasteiger partial charge in [0.15, 0.2) is 5.84 Å². The van der Waals surface area contributed by atoms with Crippen molar-refractivity contribution in [2.75, 3.05) is 7.05 Å². The molecule has 0 unspecified atom stereocenters. The van der Waals surface area contributed by atoms with Crippen LogP contribution < -0.4 is 10.6 Å². The molecule has 1 rings (SSSR count). The van der Waals surface area contributed by atoms with Crippen LogP contribution in [-0.4, -0.2) is 24.8 Å². The zero-order valence-electron chi connectivity index (χ0n) is 4.76. The van der Waals surface area contributed by atoms with Crippen molar-refractivity contribution in [2.45, 2.75) is 0 Å². The van der Waals surface area contributed by atoms with Gasteiger partial charge in [0.25, 0.3) is 5.91 Å². The van der Waals surface area contributed by atoms with Crippen LogP contribution >= 0.6 is 0 Å². The van der Waals surface area contributed by atoms with Crippen molar-refractivity contribution < 1.29 is 9.59 Å². The summed E-state index contributed by atoms with van der Waals surface area (Å²) >= 11 is 0. The maximum atomic E-state index is 10.5. The van der Waals surface area contributed by atoms with Gasteiger partial charge in [-0.3, -0.25) is 20.4 Å². The van der Waals surface area contributed by atoms with E-state index in [1.807, 2.05) is 5.32 Å². The largest absolute Gasteiger partial charge is 0.327 e. The number of carbonyl (C=O) groups excluding carboxylic acids is 2. The Hall–Kier alpha value is -1.39. The molecule has 9 heavy (non-hydrogen) atoms. The maximum absolute atomic E-state index is 10.5. The van der Waals surface area contributed by atoms with Crippen LogP contribution in [0.1, 0.15) is 0 Å². The van der Waals surface area contributed by atoms with Gasteiger partial charge in [-0.15, -0.1) is 0 Å². The predicted molar refractivity (Wildman–Crippen MR) is 30.0 cm³/mol. The molecule has 1 saturated heterocycles. The van der Waals surface area contributed by atoms with Crippen LogP contribution in [0.3, 0.4) is 0 Å². The van der Waals surface area contributed by atoms with Gasteiger partial charge in [-0.05, 0) is 0 Å². The fraction of sp³-hybridized carbons (Fsp3) is 0.250. The van der Waals surface area contributed by atoms with Crippen LogP contribution in [0.15, 0.2) is 4.99 Å². The minimum Gasteiger partial charge on any atom is -0.288 e. The molecule has 1 fully saturated rings. The van der Waals surface area contributed by atoms with E-state index < -0.39 is 11.9 Å². The highest BCUT2D eigenvalue weighted by atomic mass is 16.2. The first kappa shape index (κ1) is 5.74. The quantitative estimate of drug-likeness (QED) is 0.403. The molecule has 0 saturated carbocycles. The van der Waals surface area contributed by atoms with Crippen molar-refractivity contribution in [3.05, 3.63) is 0 Å². The molecule has 2 N–H and O–H groups in total. The van der Waals surface area contributed by atoms with E-state index in [9.17, 15) is 9.59 Å². The Morgan fingerprint density at radius 1 is 1.33 bits per heavy atom. The van der Waals surface area contributed by atoms with E-state index in [0.717, 1.165) is 0 Å². The number of imide groups is 1. The normalized spacial score (nSPS) is 22.1. The average molecular weight is 127 g/mol. The fourth-order valence-electron chi connectivity index (χ4n) is 0.515. The van der Waals surface area contributed by atoms with Crippen molar-refractivity contribution in [3.8, 4) is 0 Å². The Morgan fingerprint density at radius 2 is 2.00 bits per heavy atom. The van der Waals surface area contributed by atoms with Gasteiger partial charge < -0.3 is 0 Å². The molecule has 1 aliphatic rings. The Kier molecular flexibility index (Phi) is 1.18. The molecule has 0 atom stereocenters. The molecule has 0 aliphatic carbocycles. The van der Waals surface area contributed by atoms with Gasteiger partial charge in [0, 0.05) is 7.05 Å². The zero-order valence-corrected chi connectivity index (χ0v) is 4.76. The number of amidine groups is 1. The van der Waals surface area contributed by atoms with Gasteiger partial charge in [-0.25, -0.2) is 4.79 Å². The molecule has 0 aromatic heterocycles. The summed E-state index contributed by atoms with van der Waals surface area (Å²) in [5.74, 6) is -0.400. The average Bonchev–Trinajstić information content (AvgIpc) is 2.10. The Balaban J connectivity index is 2.81. The van der Waals surface area contributed by atoms with Gasteiger partial charge >= 0.3 is 6.03 Å². The summed E-state index contributed by atoms with van der Waals surface area (Å²) in [7, 11) is 1.43. The van der Waals surface area contributed by atoms with Crippen molar-refractivity contribution in [1.29, 1.82) is 0 Å². The van der Waals surface area contributed by atoms with E-state index in [2.05, 4.69) is 10.3 Å². The lowest BCUT2D eigenvalue weighted by Gasteiger charge is -1.83. The highest BCUT2D eigenvalue weighted by Gasteiger charge is 2.23. The summed E-state index contributed by atoms with van der Waals surface area (Å²) in [6, 6.07) is -0.513. The van der Waals surface area contributed by atoms with E-state index in [1.54, 1.807) is 0 Å². The Labute approximate surface area is 51.1 Å². The molecule has 3 amide bonds. The number of nitrogens with one attached hydrogen (secondary N) is 2. The number of nitrogens with zero attached hydrogens (tertiary/aromatic N) is 1. The van der Waals surface area contributed by atoms with E-state index in [4.69, 9.17) is 0 Å². The first-order valence-corrected chi connectivity index (χ1v) is 2.33. The SMILES string of the molecule is CN=C1NC(=O)NC1=O. The van der Waals surface area contributed by atoms with E-state index >= 15 is 0 Å². The summed E-state index contributed by atoms with van der Waals surface area (Å²) in [6.07, 6.45) is 0. The number of aliphatic imine (C=N–C) groups is 1. The van der Waals surface area contributed by atoms with Crippen molar-refractivity contribution in [3.63, 3.8) is 0 Å². The molecular weight excluding hydrogens is 122 g/mol. The summed E-state index contributed by atoms with van der Waals surface area (Å²) in [6.45, 7) is 0. The van der Waals surface area contributed by atoms with E-state index in [-0.39, 0.29) is 5.84 Å². The third-order valence-corrected chi connectivity index (χ3v) is 0.898. The number of hydrogen-bond acceptors (Lipinski definition) is 3. The summed E-state index contributed by atoms with van der Waals surface area (Å²) in [5, 5.41) is 4.20. The molecule has 5 heteroatoms. The Bertz CT molecular complexity index is 196. The summed E-state index contributed by atoms with van der Waals surface area (Å²) in [4.78, 5) is 24.3. The van der Waals surface area contributed by atoms with Gasteiger partial charge in [0.2, 0.25) is 0 Å². The minimum absolute atomic E-state index is 0.0694. The highest BCUT2D eigenvalue weighted by molar-refractivity contribution is 6.47. The second-order valence-electron chi connectivity index (χ2n) is 1.48. The second kappa shape index (κ2) is 1.85. The molecular formula is C4H5N3O2. The standard InChI is InChI=1S/C4H5N3O2/c1-5-2-3(8)7-4(9)6-2/h1H3,(H2,5,6,7,8,9). The van der Waals surface area contributed by atoms with Gasteiger partial charge in [-0.2, -0.15) is 0 Å². The third-order valence-electron chi connectivity index (χ3n) is 0.898. The molecule has 0 bridgehead atoms. The van der Waals surface area contributed by atoms with E-state index in [0.29, 0.717) is 0 Å². The first-order chi connectivity index (χ1) is 4.24. The van der Waals surface area contributed by atoms with Crippen molar-refractivity contribution in [1.82, 2.24) is 10.6 Å². The molecule has 0 aromatic carbocycles. The molecule has 1 heterocycles. The van der Waals surface area contributed by atoms with Gasteiger partial charge in [-0.1, -0.05) is 0 Å². The topological polar surface area (TPSA) is 70.6 Å². The lowest BCUT2D eigenvalue weighted by molar-refractivity contribution is -0.113. The van der Waals surface area contributed by atoms with Crippen LogP contribution in [-0.2, 0) is 4.79 Å².